The molecule has 0 aromatic carbocycles. The van der Waals surface area contributed by atoms with E-state index in [1.54, 1.807) is 5.38 Å². The summed E-state index contributed by atoms with van der Waals surface area (Å²) in [6, 6.07) is 0. The lowest BCUT2D eigenvalue weighted by Crippen LogP contribution is -1.83. The summed E-state index contributed by atoms with van der Waals surface area (Å²) >= 11 is 1.31. The number of thiazole rings is 1. The van der Waals surface area contributed by atoms with E-state index in [2.05, 4.69) is 30.5 Å². The summed E-state index contributed by atoms with van der Waals surface area (Å²) in [6.07, 6.45) is 1.50. The minimum Gasteiger partial charge on any atom is -0.375 e. The lowest BCUT2D eigenvalue weighted by molar-refractivity contribution is 0.431. The highest BCUT2D eigenvalue weighted by Gasteiger charge is 2.14. The summed E-state index contributed by atoms with van der Waals surface area (Å²) in [5, 5.41) is 15.9. The molecule has 0 aliphatic carbocycles. The Balaban J connectivity index is 2.00. The molecule has 3 N–H and O–H groups in total. The van der Waals surface area contributed by atoms with Crippen molar-refractivity contribution in [2.75, 3.05) is 5.73 Å². The predicted molar refractivity (Wildman–Crippen MR) is 55.2 cm³/mol. The maximum Gasteiger partial charge on any atom is 0.277 e. The lowest BCUT2D eigenvalue weighted by Gasteiger charge is -1.82. The van der Waals surface area contributed by atoms with E-state index in [0.717, 1.165) is 0 Å². The summed E-state index contributed by atoms with van der Waals surface area (Å²) in [6.45, 7) is 0. The van der Waals surface area contributed by atoms with Crippen LogP contribution in [0.4, 0.5) is 5.13 Å². The van der Waals surface area contributed by atoms with Gasteiger partial charge in [0.1, 0.15) is 5.69 Å². The van der Waals surface area contributed by atoms with Gasteiger partial charge in [-0.05, 0) is 0 Å². The molecule has 0 aliphatic heterocycles. The summed E-state index contributed by atoms with van der Waals surface area (Å²) in [4.78, 5) is 8.16. The molecule has 0 amide bonds. The van der Waals surface area contributed by atoms with Crippen molar-refractivity contribution in [3.63, 3.8) is 0 Å². The molecule has 0 fully saturated rings. The molecule has 0 saturated carbocycles. The Morgan fingerprint density at radius 2 is 2.25 bits per heavy atom. The van der Waals surface area contributed by atoms with Gasteiger partial charge in [-0.3, -0.25) is 0 Å². The van der Waals surface area contributed by atoms with E-state index in [1.165, 1.54) is 17.5 Å². The minimum absolute atomic E-state index is 0.311. The SMILES string of the molecule is Nc1nc(-c2nc(-c3cn[nH]n3)no2)cs1. The smallest absolute Gasteiger partial charge is 0.277 e. The highest BCUT2D eigenvalue weighted by molar-refractivity contribution is 7.13. The number of H-pyrrole nitrogens is 1. The minimum atomic E-state index is 0.311. The predicted octanol–water partition coefficient (Wildman–Crippen LogP) is 0.560. The largest absolute Gasteiger partial charge is 0.375 e. The maximum absolute atomic E-state index is 5.51. The van der Waals surface area contributed by atoms with Crippen LogP contribution in [0.5, 0.6) is 0 Å². The van der Waals surface area contributed by atoms with Crippen LogP contribution in [0.25, 0.3) is 23.1 Å². The van der Waals surface area contributed by atoms with Crippen LogP contribution in [0.15, 0.2) is 16.1 Å². The number of anilines is 1. The molecule has 0 radical (unpaired) electrons. The van der Waals surface area contributed by atoms with Crippen molar-refractivity contribution in [3.8, 4) is 23.1 Å². The quantitative estimate of drug-likeness (QED) is 0.665. The first kappa shape index (κ1) is 8.97. The van der Waals surface area contributed by atoms with Gasteiger partial charge in [0, 0.05) is 5.38 Å². The highest BCUT2D eigenvalue weighted by atomic mass is 32.1. The van der Waals surface area contributed by atoms with Gasteiger partial charge in [-0.2, -0.15) is 20.4 Å². The first-order valence-electron chi connectivity index (χ1n) is 4.24. The molecule has 3 heterocycles. The number of nitrogens with zero attached hydrogens (tertiary/aromatic N) is 5. The average molecular weight is 235 g/mol. The summed E-state index contributed by atoms with van der Waals surface area (Å²) < 4.78 is 5.03. The van der Waals surface area contributed by atoms with Gasteiger partial charge in [0.15, 0.2) is 10.8 Å². The molecule has 0 saturated heterocycles. The molecule has 0 unspecified atom stereocenters. The number of hydrogen-bond acceptors (Lipinski definition) is 8. The van der Waals surface area contributed by atoms with Crippen LogP contribution < -0.4 is 5.73 Å². The third kappa shape index (κ3) is 1.42. The maximum atomic E-state index is 5.51. The van der Waals surface area contributed by atoms with Gasteiger partial charge in [-0.15, -0.1) is 11.3 Å². The first-order chi connectivity index (χ1) is 7.83. The van der Waals surface area contributed by atoms with Gasteiger partial charge in [0.2, 0.25) is 5.82 Å². The lowest BCUT2D eigenvalue weighted by atomic mass is 10.4. The molecule has 0 aliphatic rings. The fraction of sp³-hybridized carbons (Fsp3) is 0. The van der Waals surface area contributed by atoms with Gasteiger partial charge < -0.3 is 10.3 Å². The zero-order valence-electron chi connectivity index (χ0n) is 7.78. The Kier molecular flexibility index (Phi) is 1.90. The normalized spacial score (nSPS) is 10.8. The Labute approximate surface area is 92.5 Å². The van der Waals surface area contributed by atoms with Crippen molar-refractivity contribution in [1.82, 2.24) is 30.5 Å². The number of nitrogens with two attached hydrogens (primary N) is 1. The van der Waals surface area contributed by atoms with E-state index >= 15 is 0 Å². The molecule has 8 nitrogen and oxygen atoms in total. The molecule has 3 aromatic rings. The molecule has 9 heteroatoms. The number of aromatic nitrogens is 6. The molecular formula is C7H5N7OS. The Bertz CT molecular complexity index is 598. The van der Waals surface area contributed by atoms with Crippen LogP contribution in [-0.2, 0) is 0 Å². The van der Waals surface area contributed by atoms with E-state index in [4.69, 9.17) is 10.3 Å². The molecule has 0 spiro atoms. The van der Waals surface area contributed by atoms with Gasteiger partial charge in [-0.25, -0.2) is 4.98 Å². The molecule has 3 aromatic heterocycles. The van der Waals surface area contributed by atoms with Crippen molar-refractivity contribution in [3.05, 3.63) is 11.6 Å². The molecule has 16 heavy (non-hydrogen) atoms. The van der Waals surface area contributed by atoms with E-state index < -0.39 is 0 Å². The third-order valence-corrected chi connectivity index (χ3v) is 2.49. The van der Waals surface area contributed by atoms with Gasteiger partial charge >= 0.3 is 0 Å². The summed E-state index contributed by atoms with van der Waals surface area (Å²) in [5.74, 6) is 0.668. The monoisotopic (exact) mass is 235 g/mol. The van der Waals surface area contributed by atoms with Gasteiger partial charge in [-0.1, -0.05) is 5.16 Å². The molecule has 0 atom stereocenters. The summed E-state index contributed by atoms with van der Waals surface area (Å²) in [5.41, 5.74) is 6.58. The standard InChI is InChI=1S/C7H5N7OS/c8-7-10-4(2-16-7)6-11-5(13-15-6)3-1-9-14-12-3/h1-2H,(H2,8,10)(H,9,12,14). The Morgan fingerprint density at radius 3 is 2.94 bits per heavy atom. The third-order valence-electron chi connectivity index (χ3n) is 1.81. The Hall–Kier alpha value is -2.29. The zero-order chi connectivity index (χ0) is 11.0. The number of aromatic amines is 1. The van der Waals surface area contributed by atoms with Crippen LogP contribution >= 0.6 is 11.3 Å². The second kappa shape index (κ2) is 3.38. The number of nitrogen functional groups attached to an aromatic ring is 1. The summed E-state index contributed by atoms with van der Waals surface area (Å²) in [7, 11) is 0. The van der Waals surface area contributed by atoms with E-state index in [0.29, 0.717) is 28.2 Å². The zero-order valence-corrected chi connectivity index (χ0v) is 8.60. The van der Waals surface area contributed by atoms with Crippen molar-refractivity contribution in [1.29, 1.82) is 0 Å². The van der Waals surface area contributed by atoms with Gasteiger partial charge in [0.05, 0.1) is 6.20 Å². The van der Waals surface area contributed by atoms with E-state index in [1.807, 2.05) is 0 Å². The fourth-order valence-electron chi connectivity index (χ4n) is 1.13. The average Bonchev–Trinajstić information content (AvgIpc) is 2.97. The van der Waals surface area contributed by atoms with E-state index in [-0.39, 0.29) is 0 Å². The van der Waals surface area contributed by atoms with Crippen LogP contribution in [0.3, 0.4) is 0 Å². The molecular weight excluding hydrogens is 230 g/mol. The van der Waals surface area contributed by atoms with E-state index in [9.17, 15) is 0 Å². The van der Waals surface area contributed by atoms with Crippen molar-refractivity contribution < 1.29 is 4.52 Å². The van der Waals surface area contributed by atoms with Crippen molar-refractivity contribution >= 4 is 16.5 Å². The van der Waals surface area contributed by atoms with Crippen molar-refractivity contribution in [2.45, 2.75) is 0 Å². The topological polar surface area (TPSA) is 119 Å². The Morgan fingerprint density at radius 1 is 1.31 bits per heavy atom. The number of rotatable bonds is 2. The van der Waals surface area contributed by atoms with Gasteiger partial charge in [0.25, 0.3) is 5.89 Å². The number of nitrogens with one attached hydrogen (secondary N) is 1. The first-order valence-corrected chi connectivity index (χ1v) is 5.12. The van der Waals surface area contributed by atoms with Crippen LogP contribution in [0.1, 0.15) is 0 Å². The highest BCUT2D eigenvalue weighted by Crippen LogP contribution is 2.23. The number of hydrogen-bond donors (Lipinski definition) is 2. The molecule has 80 valence electrons. The second-order valence-corrected chi connectivity index (χ2v) is 3.74. The molecule has 0 bridgehead atoms. The van der Waals surface area contributed by atoms with Crippen LogP contribution in [0.2, 0.25) is 0 Å². The van der Waals surface area contributed by atoms with Crippen LogP contribution in [-0.4, -0.2) is 30.5 Å². The molecule has 3 rings (SSSR count). The van der Waals surface area contributed by atoms with Crippen LogP contribution in [0, 0.1) is 0 Å². The van der Waals surface area contributed by atoms with Crippen molar-refractivity contribution in [2.24, 2.45) is 0 Å². The second-order valence-electron chi connectivity index (χ2n) is 2.85. The fourth-order valence-corrected chi connectivity index (χ4v) is 1.66.